The molecule has 0 spiro atoms. The van der Waals surface area contributed by atoms with Gasteiger partial charge >= 0.3 is 6.09 Å². The van der Waals surface area contributed by atoms with Crippen LogP contribution in [-0.2, 0) is 9.47 Å². The quantitative estimate of drug-likeness (QED) is 0.796. The van der Waals surface area contributed by atoms with Gasteiger partial charge < -0.3 is 15.2 Å². The van der Waals surface area contributed by atoms with E-state index in [-0.39, 0.29) is 17.7 Å². The van der Waals surface area contributed by atoms with Gasteiger partial charge in [0, 0.05) is 13.7 Å². The number of nitrogens with zero attached hydrogens (tertiary/aromatic N) is 1. The SMILES string of the molecule is CO[C@H]1CN(C(=O)OC(C)(C)C)[C@](C)(CN)C1. The summed E-state index contributed by atoms with van der Waals surface area (Å²) in [5.74, 6) is 0. The number of nitrogens with two attached hydrogens (primary N) is 1. The van der Waals surface area contributed by atoms with Gasteiger partial charge in [0.2, 0.25) is 0 Å². The first-order valence-electron chi connectivity index (χ1n) is 5.95. The number of carbonyl (C=O) groups is 1. The summed E-state index contributed by atoms with van der Waals surface area (Å²) in [7, 11) is 1.65. The van der Waals surface area contributed by atoms with Gasteiger partial charge in [-0.2, -0.15) is 0 Å². The van der Waals surface area contributed by atoms with E-state index < -0.39 is 5.60 Å². The van der Waals surface area contributed by atoms with Crippen molar-refractivity contribution in [3.05, 3.63) is 0 Å². The van der Waals surface area contributed by atoms with Crippen molar-refractivity contribution in [2.75, 3.05) is 20.2 Å². The third-order valence-electron chi connectivity index (χ3n) is 3.09. The van der Waals surface area contributed by atoms with Crippen LogP contribution in [0, 0.1) is 0 Å². The van der Waals surface area contributed by atoms with Crippen molar-refractivity contribution in [3.63, 3.8) is 0 Å². The molecule has 0 radical (unpaired) electrons. The van der Waals surface area contributed by atoms with Crippen molar-refractivity contribution in [1.29, 1.82) is 0 Å². The van der Waals surface area contributed by atoms with Gasteiger partial charge in [-0.1, -0.05) is 0 Å². The Morgan fingerprint density at radius 2 is 2.12 bits per heavy atom. The Kier molecular flexibility index (Phi) is 4.04. The summed E-state index contributed by atoms with van der Waals surface area (Å²) in [6.45, 7) is 8.48. The lowest BCUT2D eigenvalue weighted by molar-refractivity contribution is 0.0104. The summed E-state index contributed by atoms with van der Waals surface area (Å²) >= 11 is 0. The number of hydrogen-bond donors (Lipinski definition) is 1. The highest BCUT2D eigenvalue weighted by molar-refractivity contribution is 5.69. The summed E-state index contributed by atoms with van der Waals surface area (Å²) in [6, 6.07) is 0. The highest BCUT2D eigenvalue weighted by atomic mass is 16.6. The van der Waals surface area contributed by atoms with E-state index in [0.29, 0.717) is 13.1 Å². The minimum absolute atomic E-state index is 0.0380. The topological polar surface area (TPSA) is 64.8 Å². The second kappa shape index (κ2) is 4.82. The van der Waals surface area contributed by atoms with E-state index in [2.05, 4.69) is 0 Å². The molecular weight excluding hydrogens is 220 g/mol. The van der Waals surface area contributed by atoms with Gasteiger partial charge in [0.25, 0.3) is 0 Å². The molecule has 1 rings (SSSR count). The second-order valence-electron chi connectivity index (χ2n) is 5.85. The van der Waals surface area contributed by atoms with Crippen LogP contribution in [-0.4, -0.2) is 48.4 Å². The molecule has 1 amide bonds. The molecule has 1 aliphatic rings. The van der Waals surface area contributed by atoms with E-state index in [1.165, 1.54) is 0 Å². The fraction of sp³-hybridized carbons (Fsp3) is 0.917. The summed E-state index contributed by atoms with van der Waals surface area (Å²) in [6.07, 6.45) is 0.472. The Morgan fingerprint density at radius 1 is 1.53 bits per heavy atom. The molecule has 2 atom stereocenters. The Labute approximate surface area is 103 Å². The highest BCUT2D eigenvalue weighted by Crippen LogP contribution is 2.31. The fourth-order valence-corrected chi connectivity index (χ4v) is 2.05. The van der Waals surface area contributed by atoms with E-state index >= 15 is 0 Å². The molecule has 1 saturated heterocycles. The van der Waals surface area contributed by atoms with E-state index in [0.717, 1.165) is 6.42 Å². The predicted octanol–water partition coefficient (Wildman–Crippen LogP) is 1.36. The third kappa shape index (κ3) is 3.33. The molecule has 1 fully saturated rings. The summed E-state index contributed by atoms with van der Waals surface area (Å²) in [5, 5.41) is 0. The number of amides is 1. The molecule has 0 saturated carbocycles. The van der Waals surface area contributed by atoms with Crippen LogP contribution >= 0.6 is 0 Å². The Hall–Kier alpha value is -0.810. The maximum absolute atomic E-state index is 12.1. The molecule has 1 aliphatic heterocycles. The maximum atomic E-state index is 12.1. The van der Waals surface area contributed by atoms with E-state index in [4.69, 9.17) is 15.2 Å². The van der Waals surface area contributed by atoms with Gasteiger partial charge in [-0.3, -0.25) is 4.90 Å². The van der Waals surface area contributed by atoms with E-state index in [1.807, 2.05) is 27.7 Å². The molecule has 0 aromatic heterocycles. The molecule has 5 nitrogen and oxygen atoms in total. The van der Waals surface area contributed by atoms with Crippen LogP contribution in [0.5, 0.6) is 0 Å². The third-order valence-corrected chi connectivity index (χ3v) is 3.09. The van der Waals surface area contributed by atoms with Crippen LogP contribution in [0.25, 0.3) is 0 Å². The number of methoxy groups -OCH3 is 1. The summed E-state index contributed by atoms with van der Waals surface area (Å²) in [5.41, 5.74) is 4.91. The van der Waals surface area contributed by atoms with Gasteiger partial charge in [0.1, 0.15) is 5.60 Å². The van der Waals surface area contributed by atoms with Crippen molar-refractivity contribution in [2.45, 2.75) is 51.4 Å². The molecule has 0 unspecified atom stereocenters. The Bertz CT molecular complexity index is 288. The van der Waals surface area contributed by atoms with Gasteiger partial charge in [-0.05, 0) is 34.1 Å². The largest absolute Gasteiger partial charge is 0.444 e. The summed E-state index contributed by atoms with van der Waals surface area (Å²) < 4.78 is 10.7. The van der Waals surface area contributed by atoms with Crippen molar-refractivity contribution >= 4 is 6.09 Å². The first kappa shape index (κ1) is 14.3. The molecule has 1 heterocycles. The molecule has 5 heteroatoms. The monoisotopic (exact) mass is 244 g/mol. The molecule has 2 N–H and O–H groups in total. The van der Waals surface area contributed by atoms with E-state index in [1.54, 1.807) is 12.0 Å². The van der Waals surface area contributed by atoms with Gasteiger partial charge in [0.15, 0.2) is 0 Å². The number of carbonyl (C=O) groups excluding carboxylic acids is 1. The lowest BCUT2D eigenvalue weighted by Gasteiger charge is -2.35. The molecule has 0 aromatic rings. The van der Waals surface area contributed by atoms with Crippen molar-refractivity contribution in [1.82, 2.24) is 4.90 Å². The van der Waals surface area contributed by atoms with Crippen LogP contribution in [0.1, 0.15) is 34.1 Å². The minimum Gasteiger partial charge on any atom is -0.444 e. The van der Waals surface area contributed by atoms with Gasteiger partial charge in [-0.15, -0.1) is 0 Å². The first-order chi connectivity index (χ1) is 7.72. The van der Waals surface area contributed by atoms with Crippen LogP contribution < -0.4 is 5.73 Å². The first-order valence-corrected chi connectivity index (χ1v) is 5.95. The number of hydrogen-bond acceptors (Lipinski definition) is 4. The zero-order chi connectivity index (χ0) is 13.3. The normalized spacial score (nSPS) is 29.5. The van der Waals surface area contributed by atoms with Gasteiger partial charge in [0.05, 0.1) is 18.2 Å². The van der Waals surface area contributed by atoms with Crippen LogP contribution in [0.3, 0.4) is 0 Å². The van der Waals surface area contributed by atoms with Crippen LogP contribution in [0.15, 0.2) is 0 Å². The minimum atomic E-state index is -0.488. The number of ether oxygens (including phenoxy) is 2. The Morgan fingerprint density at radius 3 is 2.53 bits per heavy atom. The van der Waals surface area contributed by atoms with Crippen molar-refractivity contribution < 1.29 is 14.3 Å². The van der Waals surface area contributed by atoms with Crippen molar-refractivity contribution in [2.24, 2.45) is 5.73 Å². The van der Waals surface area contributed by atoms with Gasteiger partial charge in [-0.25, -0.2) is 4.79 Å². The molecule has 0 aliphatic carbocycles. The molecule has 0 aromatic carbocycles. The zero-order valence-corrected chi connectivity index (χ0v) is 11.4. The average molecular weight is 244 g/mol. The standard InChI is InChI=1S/C12H24N2O3/c1-11(2,3)17-10(15)14-7-9(16-5)6-12(14,4)8-13/h9H,6-8,13H2,1-5H3/t9-,12+/m1/s1. The Balaban J connectivity index is 2.77. The molecule has 100 valence electrons. The lowest BCUT2D eigenvalue weighted by atomic mass is 9.99. The second-order valence-corrected chi connectivity index (χ2v) is 5.85. The molecule has 0 bridgehead atoms. The zero-order valence-electron chi connectivity index (χ0n) is 11.4. The molecular formula is C12H24N2O3. The van der Waals surface area contributed by atoms with E-state index in [9.17, 15) is 4.79 Å². The number of rotatable bonds is 2. The summed E-state index contributed by atoms with van der Waals surface area (Å²) in [4.78, 5) is 13.8. The smallest absolute Gasteiger partial charge is 0.410 e. The van der Waals surface area contributed by atoms with Crippen LogP contribution in [0.2, 0.25) is 0 Å². The number of likely N-dealkylation sites (tertiary alicyclic amines) is 1. The average Bonchev–Trinajstić information content (AvgIpc) is 2.54. The lowest BCUT2D eigenvalue weighted by Crippen LogP contribution is -2.51. The molecule has 17 heavy (non-hydrogen) atoms. The van der Waals surface area contributed by atoms with Crippen molar-refractivity contribution in [3.8, 4) is 0 Å². The van der Waals surface area contributed by atoms with Crippen LogP contribution in [0.4, 0.5) is 4.79 Å². The predicted molar refractivity (Wildman–Crippen MR) is 65.8 cm³/mol. The maximum Gasteiger partial charge on any atom is 0.410 e. The fourth-order valence-electron chi connectivity index (χ4n) is 2.05. The highest BCUT2D eigenvalue weighted by Gasteiger charge is 2.45.